The van der Waals surface area contributed by atoms with Crippen molar-refractivity contribution in [2.75, 3.05) is 6.54 Å². The van der Waals surface area contributed by atoms with Crippen LogP contribution in [0, 0.1) is 0 Å². The van der Waals surface area contributed by atoms with Crippen LogP contribution in [-0.4, -0.2) is 21.3 Å². The molecule has 0 saturated heterocycles. The number of hydrogen-bond acceptors (Lipinski definition) is 4. The van der Waals surface area contributed by atoms with E-state index in [0.717, 1.165) is 36.8 Å². The van der Waals surface area contributed by atoms with Crippen molar-refractivity contribution in [3.05, 3.63) is 22.8 Å². The van der Waals surface area contributed by atoms with Gasteiger partial charge in [-0.3, -0.25) is 4.68 Å². The summed E-state index contributed by atoms with van der Waals surface area (Å²) in [6, 6.07) is 2.04. The second kappa shape index (κ2) is 3.99. The van der Waals surface area contributed by atoms with Crippen LogP contribution in [0.4, 0.5) is 0 Å². The van der Waals surface area contributed by atoms with E-state index in [9.17, 15) is 0 Å². The van der Waals surface area contributed by atoms with Gasteiger partial charge in [-0.15, -0.1) is 11.3 Å². The molecule has 1 aliphatic rings. The Bertz CT molecular complexity index is 476. The molecule has 0 aliphatic carbocycles. The maximum atomic E-state index is 4.72. The van der Waals surface area contributed by atoms with E-state index in [1.54, 1.807) is 11.3 Å². The van der Waals surface area contributed by atoms with Crippen LogP contribution < -0.4 is 5.32 Å². The fraction of sp³-hybridized carbons (Fsp3) is 0.455. The first kappa shape index (κ1) is 9.99. The third kappa shape index (κ3) is 1.56. The van der Waals surface area contributed by atoms with Gasteiger partial charge >= 0.3 is 0 Å². The molecule has 16 heavy (non-hydrogen) atoms. The summed E-state index contributed by atoms with van der Waals surface area (Å²) < 4.78 is 2.00. The highest BCUT2D eigenvalue weighted by Gasteiger charge is 2.17. The molecule has 0 spiro atoms. The number of fused-ring (bicyclic) bond motifs is 1. The van der Waals surface area contributed by atoms with Gasteiger partial charge in [0.05, 0.1) is 11.4 Å². The summed E-state index contributed by atoms with van der Waals surface area (Å²) in [6.07, 6.45) is 2.89. The van der Waals surface area contributed by atoms with E-state index < -0.39 is 0 Å². The predicted molar refractivity (Wildman–Crippen MR) is 64.4 cm³/mol. The molecule has 0 bridgehead atoms. The number of aromatic nitrogens is 3. The van der Waals surface area contributed by atoms with Crippen molar-refractivity contribution in [3.8, 4) is 10.7 Å². The molecular weight excluding hydrogens is 220 g/mol. The van der Waals surface area contributed by atoms with E-state index in [2.05, 4.69) is 17.3 Å². The van der Waals surface area contributed by atoms with Crippen molar-refractivity contribution < 1.29 is 0 Å². The van der Waals surface area contributed by atoms with Crippen LogP contribution in [0.3, 0.4) is 0 Å². The third-order valence-corrected chi connectivity index (χ3v) is 3.96. The van der Waals surface area contributed by atoms with Crippen molar-refractivity contribution in [2.45, 2.75) is 26.4 Å². The normalized spacial score (nSPS) is 15.1. The van der Waals surface area contributed by atoms with Crippen LogP contribution in [-0.2, 0) is 19.5 Å². The summed E-state index contributed by atoms with van der Waals surface area (Å²) in [6.45, 7) is 5.01. The lowest BCUT2D eigenvalue weighted by Crippen LogP contribution is -2.22. The molecule has 4 nitrogen and oxygen atoms in total. The van der Waals surface area contributed by atoms with Gasteiger partial charge in [0.2, 0.25) is 0 Å². The summed E-state index contributed by atoms with van der Waals surface area (Å²) in [5, 5.41) is 8.77. The van der Waals surface area contributed by atoms with Gasteiger partial charge in [0, 0.05) is 37.1 Å². The zero-order valence-corrected chi connectivity index (χ0v) is 10.0. The quantitative estimate of drug-likeness (QED) is 0.859. The Hall–Kier alpha value is -1.20. The number of hydrogen-bond donors (Lipinski definition) is 1. The number of nitrogens with zero attached hydrogens (tertiary/aromatic N) is 3. The standard InChI is InChI=1S/C11H14N4S/c1-2-15-9(4-6-13-15)11-14-8-3-5-12-7-10(8)16-11/h4,6,12H,2-3,5,7H2,1H3. The summed E-state index contributed by atoms with van der Waals surface area (Å²) in [5.74, 6) is 0. The number of rotatable bonds is 2. The molecule has 0 saturated carbocycles. The lowest BCUT2D eigenvalue weighted by molar-refractivity contribution is 0.643. The number of thiazole rings is 1. The van der Waals surface area contributed by atoms with Crippen molar-refractivity contribution in [1.82, 2.24) is 20.1 Å². The van der Waals surface area contributed by atoms with Crippen molar-refractivity contribution in [3.63, 3.8) is 0 Å². The van der Waals surface area contributed by atoms with Gasteiger partial charge in [-0.2, -0.15) is 5.10 Å². The fourth-order valence-corrected chi connectivity index (χ4v) is 3.11. The maximum absolute atomic E-state index is 4.72. The highest BCUT2D eigenvalue weighted by molar-refractivity contribution is 7.15. The van der Waals surface area contributed by atoms with Gasteiger partial charge in [-0.1, -0.05) is 0 Å². The molecule has 3 heterocycles. The minimum Gasteiger partial charge on any atom is -0.311 e. The molecule has 0 fully saturated rings. The highest BCUT2D eigenvalue weighted by Crippen LogP contribution is 2.29. The number of aryl methyl sites for hydroxylation is 1. The predicted octanol–water partition coefficient (Wildman–Crippen LogP) is 1.67. The van der Waals surface area contributed by atoms with E-state index in [1.807, 2.05) is 16.9 Å². The van der Waals surface area contributed by atoms with Crippen LogP contribution in [0.5, 0.6) is 0 Å². The van der Waals surface area contributed by atoms with Crippen LogP contribution in [0.2, 0.25) is 0 Å². The van der Waals surface area contributed by atoms with E-state index >= 15 is 0 Å². The Labute approximate surface area is 98.3 Å². The molecule has 0 aromatic carbocycles. The lowest BCUT2D eigenvalue weighted by atomic mass is 10.2. The summed E-state index contributed by atoms with van der Waals surface area (Å²) >= 11 is 1.79. The molecule has 0 amide bonds. The maximum Gasteiger partial charge on any atom is 0.142 e. The Balaban J connectivity index is 2.03. The molecule has 0 radical (unpaired) electrons. The largest absolute Gasteiger partial charge is 0.311 e. The number of nitrogens with one attached hydrogen (secondary N) is 1. The Morgan fingerprint density at radius 3 is 3.31 bits per heavy atom. The highest BCUT2D eigenvalue weighted by atomic mass is 32.1. The van der Waals surface area contributed by atoms with E-state index in [1.165, 1.54) is 10.6 Å². The Kier molecular flexibility index (Phi) is 2.49. The summed E-state index contributed by atoms with van der Waals surface area (Å²) in [5.41, 5.74) is 2.41. The minimum absolute atomic E-state index is 0.894. The second-order valence-corrected chi connectivity index (χ2v) is 4.93. The zero-order chi connectivity index (χ0) is 11.0. The molecule has 1 aliphatic heterocycles. The van der Waals surface area contributed by atoms with Crippen LogP contribution in [0.15, 0.2) is 12.3 Å². The van der Waals surface area contributed by atoms with Crippen molar-refractivity contribution >= 4 is 11.3 Å². The van der Waals surface area contributed by atoms with E-state index in [4.69, 9.17) is 4.98 Å². The van der Waals surface area contributed by atoms with E-state index in [-0.39, 0.29) is 0 Å². The van der Waals surface area contributed by atoms with Gasteiger partial charge in [-0.05, 0) is 13.0 Å². The summed E-state index contributed by atoms with van der Waals surface area (Å²) in [4.78, 5) is 6.10. The van der Waals surface area contributed by atoms with Gasteiger partial charge < -0.3 is 5.32 Å². The van der Waals surface area contributed by atoms with Gasteiger partial charge in [0.15, 0.2) is 0 Å². The topological polar surface area (TPSA) is 42.7 Å². The first-order chi connectivity index (χ1) is 7.88. The minimum atomic E-state index is 0.894. The molecule has 1 N–H and O–H groups in total. The molecule has 5 heteroatoms. The molecule has 0 unspecified atom stereocenters. The van der Waals surface area contributed by atoms with Gasteiger partial charge in [0.1, 0.15) is 5.01 Å². The molecule has 2 aromatic rings. The van der Waals surface area contributed by atoms with Crippen LogP contribution in [0.1, 0.15) is 17.5 Å². The molecule has 2 aromatic heterocycles. The van der Waals surface area contributed by atoms with Gasteiger partial charge in [0.25, 0.3) is 0 Å². The lowest BCUT2D eigenvalue weighted by Gasteiger charge is -2.09. The monoisotopic (exact) mass is 234 g/mol. The van der Waals surface area contributed by atoms with Crippen LogP contribution >= 0.6 is 11.3 Å². The Morgan fingerprint density at radius 2 is 2.50 bits per heavy atom. The van der Waals surface area contributed by atoms with Gasteiger partial charge in [-0.25, -0.2) is 4.98 Å². The van der Waals surface area contributed by atoms with E-state index in [0.29, 0.717) is 0 Å². The third-order valence-electron chi connectivity index (χ3n) is 2.84. The average Bonchev–Trinajstić information content (AvgIpc) is 2.94. The average molecular weight is 234 g/mol. The van der Waals surface area contributed by atoms with Crippen LogP contribution in [0.25, 0.3) is 10.7 Å². The first-order valence-electron chi connectivity index (χ1n) is 5.60. The zero-order valence-electron chi connectivity index (χ0n) is 9.23. The SMILES string of the molecule is CCn1nccc1-c1nc2c(s1)CNCC2. The fourth-order valence-electron chi connectivity index (χ4n) is 2.00. The smallest absolute Gasteiger partial charge is 0.142 e. The molecule has 3 rings (SSSR count). The molecule has 0 atom stereocenters. The van der Waals surface area contributed by atoms with Crippen molar-refractivity contribution in [1.29, 1.82) is 0 Å². The molecular formula is C11H14N4S. The Morgan fingerprint density at radius 1 is 1.56 bits per heavy atom. The second-order valence-electron chi connectivity index (χ2n) is 3.85. The first-order valence-corrected chi connectivity index (χ1v) is 6.41. The van der Waals surface area contributed by atoms with Crippen molar-refractivity contribution in [2.24, 2.45) is 0 Å². The summed E-state index contributed by atoms with van der Waals surface area (Å²) in [7, 11) is 0. The molecule has 84 valence electrons.